The number of rotatable bonds is 3. The maximum absolute atomic E-state index is 10.9. The number of aromatic carboxylic acids is 1. The van der Waals surface area contributed by atoms with Crippen LogP contribution >= 0.6 is 0 Å². The Kier molecular flexibility index (Phi) is 2.64. The van der Waals surface area contributed by atoms with Gasteiger partial charge in [-0.1, -0.05) is 0 Å². The van der Waals surface area contributed by atoms with Crippen LogP contribution in [0.4, 0.5) is 0 Å². The fourth-order valence-corrected chi connectivity index (χ4v) is 1.48. The Balaban J connectivity index is 2.56. The number of carboxylic acid groups (broad SMARTS) is 1. The number of carbonyl (C=O) groups is 1. The summed E-state index contributed by atoms with van der Waals surface area (Å²) in [5.74, 6) is -0.348. The molecule has 0 unspecified atom stereocenters. The predicted molar refractivity (Wildman–Crippen MR) is 57.7 cm³/mol. The third-order valence-corrected chi connectivity index (χ3v) is 2.28. The lowest BCUT2D eigenvalue weighted by Gasteiger charge is -2.07. The van der Waals surface area contributed by atoms with Crippen LogP contribution in [0.3, 0.4) is 0 Å². The molecule has 1 aromatic heterocycles. The van der Waals surface area contributed by atoms with Gasteiger partial charge in [0.05, 0.1) is 25.2 Å². The molecule has 0 amide bonds. The van der Waals surface area contributed by atoms with Gasteiger partial charge in [-0.3, -0.25) is 0 Å². The van der Waals surface area contributed by atoms with Gasteiger partial charge in [0, 0.05) is 11.1 Å². The normalized spacial score (nSPS) is 10.1. The van der Waals surface area contributed by atoms with Crippen molar-refractivity contribution < 1.29 is 19.1 Å². The van der Waals surface area contributed by atoms with Gasteiger partial charge in [0.2, 0.25) is 0 Å². The average Bonchev–Trinajstić information content (AvgIpc) is 2.81. The summed E-state index contributed by atoms with van der Waals surface area (Å²) < 4.78 is 10.1. The minimum absolute atomic E-state index is 0.219. The molecule has 16 heavy (non-hydrogen) atoms. The Morgan fingerprint density at radius 2 is 2.19 bits per heavy atom. The minimum atomic E-state index is -0.965. The molecule has 0 aliphatic carbocycles. The summed E-state index contributed by atoms with van der Waals surface area (Å²) >= 11 is 0. The third kappa shape index (κ3) is 1.77. The zero-order chi connectivity index (χ0) is 11.5. The van der Waals surface area contributed by atoms with Crippen LogP contribution in [-0.2, 0) is 0 Å². The summed E-state index contributed by atoms with van der Waals surface area (Å²) in [6.45, 7) is 0. The van der Waals surface area contributed by atoms with Crippen molar-refractivity contribution in [3.8, 4) is 16.9 Å². The maximum atomic E-state index is 10.9. The molecular weight excluding hydrogens is 208 g/mol. The number of carboxylic acids is 1. The topological polar surface area (TPSA) is 59.7 Å². The molecule has 1 aromatic carbocycles. The molecule has 0 aliphatic rings. The van der Waals surface area contributed by atoms with Gasteiger partial charge in [0.25, 0.3) is 0 Å². The second kappa shape index (κ2) is 4.10. The van der Waals surface area contributed by atoms with Crippen LogP contribution in [-0.4, -0.2) is 18.2 Å². The lowest BCUT2D eigenvalue weighted by Crippen LogP contribution is -1.97. The van der Waals surface area contributed by atoms with Crippen molar-refractivity contribution in [2.45, 2.75) is 0 Å². The second-order valence-electron chi connectivity index (χ2n) is 3.23. The van der Waals surface area contributed by atoms with E-state index in [-0.39, 0.29) is 5.56 Å². The molecule has 1 N–H and O–H groups in total. The number of benzene rings is 1. The zero-order valence-electron chi connectivity index (χ0n) is 8.64. The Morgan fingerprint density at radius 1 is 1.38 bits per heavy atom. The van der Waals surface area contributed by atoms with Crippen LogP contribution in [0.2, 0.25) is 0 Å². The highest BCUT2D eigenvalue weighted by molar-refractivity contribution is 5.90. The van der Waals surface area contributed by atoms with Crippen LogP contribution in [0.5, 0.6) is 5.75 Å². The molecule has 0 atom stereocenters. The van der Waals surface area contributed by atoms with E-state index in [0.29, 0.717) is 11.3 Å². The number of methoxy groups -OCH3 is 1. The standard InChI is InChI=1S/C12H10O4/c1-15-11-3-2-8(12(13)14)6-10(11)9-4-5-16-7-9/h2-7H,1H3,(H,13,14). The Hall–Kier alpha value is -2.23. The summed E-state index contributed by atoms with van der Waals surface area (Å²) in [5, 5.41) is 8.91. The Morgan fingerprint density at radius 3 is 2.75 bits per heavy atom. The molecule has 1 heterocycles. The van der Waals surface area contributed by atoms with Gasteiger partial charge in [-0.25, -0.2) is 4.79 Å². The minimum Gasteiger partial charge on any atom is -0.496 e. The van der Waals surface area contributed by atoms with E-state index < -0.39 is 5.97 Å². The van der Waals surface area contributed by atoms with E-state index in [4.69, 9.17) is 14.3 Å². The molecule has 0 bridgehead atoms. The SMILES string of the molecule is COc1ccc(C(=O)O)cc1-c1ccoc1. The quantitative estimate of drug-likeness (QED) is 0.860. The van der Waals surface area contributed by atoms with Gasteiger partial charge in [0.15, 0.2) is 0 Å². The van der Waals surface area contributed by atoms with Crippen molar-refractivity contribution in [3.05, 3.63) is 42.4 Å². The van der Waals surface area contributed by atoms with Gasteiger partial charge in [-0.15, -0.1) is 0 Å². The monoisotopic (exact) mass is 218 g/mol. The largest absolute Gasteiger partial charge is 0.496 e. The Labute approximate surface area is 92.1 Å². The molecule has 0 fully saturated rings. The first kappa shape index (κ1) is 10.3. The fourth-order valence-electron chi connectivity index (χ4n) is 1.48. The number of hydrogen-bond donors (Lipinski definition) is 1. The van der Waals surface area contributed by atoms with Gasteiger partial charge in [-0.05, 0) is 24.3 Å². The maximum Gasteiger partial charge on any atom is 0.335 e. The number of hydrogen-bond acceptors (Lipinski definition) is 3. The number of furan rings is 1. The molecule has 2 rings (SSSR count). The first-order valence-corrected chi connectivity index (χ1v) is 4.66. The average molecular weight is 218 g/mol. The summed E-state index contributed by atoms with van der Waals surface area (Å²) in [7, 11) is 1.54. The summed E-state index contributed by atoms with van der Waals surface area (Å²) in [4.78, 5) is 10.9. The highest BCUT2D eigenvalue weighted by atomic mass is 16.5. The van der Waals surface area contributed by atoms with Crippen molar-refractivity contribution in [1.29, 1.82) is 0 Å². The van der Waals surface area contributed by atoms with Crippen molar-refractivity contribution in [2.75, 3.05) is 7.11 Å². The summed E-state index contributed by atoms with van der Waals surface area (Å²) in [6, 6.07) is 6.45. The van der Waals surface area contributed by atoms with E-state index >= 15 is 0 Å². The highest BCUT2D eigenvalue weighted by Gasteiger charge is 2.11. The molecule has 2 aromatic rings. The van der Waals surface area contributed by atoms with Crippen LogP contribution in [0, 0.1) is 0 Å². The highest BCUT2D eigenvalue weighted by Crippen LogP contribution is 2.31. The smallest absolute Gasteiger partial charge is 0.335 e. The van der Waals surface area contributed by atoms with Crippen molar-refractivity contribution in [3.63, 3.8) is 0 Å². The van der Waals surface area contributed by atoms with E-state index in [9.17, 15) is 4.79 Å². The first-order valence-electron chi connectivity index (χ1n) is 4.66. The van der Waals surface area contributed by atoms with Crippen molar-refractivity contribution >= 4 is 5.97 Å². The van der Waals surface area contributed by atoms with Gasteiger partial charge in [-0.2, -0.15) is 0 Å². The van der Waals surface area contributed by atoms with Crippen LogP contribution in [0.25, 0.3) is 11.1 Å². The van der Waals surface area contributed by atoms with Crippen molar-refractivity contribution in [1.82, 2.24) is 0 Å². The van der Waals surface area contributed by atoms with Crippen LogP contribution in [0.15, 0.2) is 41.2 Å². The summed E-state index contributed by atoms with van der Waals surface area (Å²) in [5.41, 5.74) is 1.72. The Bertz CT molecular complexity index is 500. The van der Waals surface area contributed by atoms with E-state index in [2.05, 4.69) is 0 Å². The van der Waals surface area contributed by atoms with E-state index in [1.54, 1.807) is 31.6 Å². The van der Waals surface area contributed by atoms with E-state index in [0.717, 1.165) is 5.56 Å². The van der Waals surface area contributed by atoms with Gasteiger partial charge >= 0.3 is 5.97 Å². The van der Waals surface area contributed by atoms with Gasteiger partial charge in [0.1, 0.15) is 5.75 Å². The number of ether oxygens (including phenoxy) is 1. The van der Waals surface area contributed by atoms with Crippen molar-refractivity contribution in [2.24, 2.45) is 0 Å². The molecule has 0 saturated heterocycles. The zero-order valence-corrected chi connectivity index (χ0v) is 8.64. The fraction of sp³-hybridized carbons (Fsp3) is 0.0833. The van der Waals surface area contributed by atoms with Gasteiger partial charge < -0.3 is 14.3 Å². The first-order chi connectivity index (χ1) is 7.72. The molecular formula is C12H10O4. The van der Waals surface area contributed by atoms with E-state index in [1.807, 2.05) is 0 Å². The van der Waals surface area contributed by atoms with Crippen LogP contribution in [0.1, 0.15) is 10.4 Å². The molecule has 4 nitrogen and oxygen atoms in total. The van der Waals surface area contributed by atoms with E-state index in [1.165, 1.54) is 12.3 Å². The molecule has 0 radical (unpaired) electrons. The predicted octanol–water partition coefficient (Wildman–Crippen LogP) is 2.65. The second-order valence-corrected chi connectivity index (χ2v) is 3.23. The molecule has 4 heteroatoms. The van der Waals surface area contributed by atoms with Crippen LogP contribution < -0.4 is 4.74 Å². The lowest BCUT2D eigenvalue weighted by atomic mass is 10.0. The molecule has 0 saturated carbocycles. The molecule has 0 aliphatic heterocycles. The summed E-state index contributed by atoms with van der Waals surface area (Å²) in [6.07, 6.45) is 3.08. The lowest BCUT2D eigenvalue weighted by molar-refractivity contribution is 0.0697. The molecule has 82 valence electrons. The molecule has 0 spiro atoms. The third-order valence-electron chi connectivity index (χ3n) is 2.28.